The molecule has 4 heterocycles. The van der Waals surface area contributed by atoms with E-state index >= 15 is 0 Å². The molecule has 154 valence electrons. The Bertz CT molecular complexity index is 1030. The number of carbonyl (C=O) groups excluding carboxylic acids is 1. The maximum Gasteiger partial charge on any atom is 0.337 e. The predicted molar refractivity (Wildman–Crippen MR) is 103 cm³/mol. The number of methoxy groups -OCH3 is 1. The van der Waals surface area contributed by atoms with E-state index in [4.69, 9.17) is 0 Å². The van der Waals surface area contributed by atoms with Crippen LogP contribution in [0.4, 0.5) is 10.2 Å². The topological polar surface area (TPSA) is 92.7 Å². The molecule has 1 aromatic carbocycles. The number of aromatic nitrogens is 2. The number of benzene rings is 1. The van der Waals surface area contributed by atoms with Gasteiger partial charge >= 0.3 is 5.97 Å². The number of halogens is 1. The second-order valence-corrected chi connectivity index (χ2v) is 8.95. The number of sulfonamides is 1. The number of aryl methyl sites for hydroxylation is 1. The molecular formula is C19H21FN4O4S. The van der Waals surface area contributed by atoms with Gasteiger partial charge in [-0.3, -0.25) is 0 Å². The van der Waals surface area contributed by atoms with Crippen molar-refractivity contribution in [1.29, 1.82) is 0 Å². The Labute approximate surface area is 168 Å². The number of fused-ring (bicyclic) bond motifs is 2. The summed E-state index contributed by atoms with van der Waals surface area (Å²) in [5, 5.41) is 0. The van der Waals surface area contributed by atoms with Crippen molar-refractivity contribution >= 4 is 21.8 Å². The van der Waals surface area contributed by atoms with Gasteiger partial charge in [0.2, 0.25) is 10.0 Å². The molecule has 0 spiro atoms. The number of hydrogen-bond acceptors (Lipinski definition) is 7. The SMILES string of the molecule is CCc1ncnc(N2CC3CC(C2)N3S(=O)(=O)c2ccc(C(=O)OC)cc2)c1F. The highest BCUT2D eigenvalue weighted by atomic mass is 32.2. The normalized spacial score (nSPS) is 21.6. The van der Waals surface area contributed by atoms with E-state index in [0.29, 0.717) is 25.2 Å². The molecule has 5 rings (SSSR count). The number of anilines is 1. The maximum atomic E-state index is 14.6. The van der Waals surface area contributed by atoms with E-state index in [9.17, 15) is 17.6 Å². The van der Waals surface area contributed by atoms with Gasteiger partial charge in [0, 0.05) is 25.2 Å². The number of esters is 1. The number of rotatable bonds is 5. The summed E-state index contributed by atoms with van der Waals surface area (Å²) in [6, 6.07) is 5.18. The molecule has 2 unspecified atom stereocenters. The molecule has 0 aliphatic carbocycles. The van der Waals surface area contributed by atoms with Crippen LogP contribution in [0.1, 0.15) is 29.4 Å². The van der Waals surface area contributed by atoms with Crippen molar-refractivity contribution in [3.8, 4) is 0 Å². The maximum absolute atomic E-state index is 14.6. The molecule has 0 saturated carbocycles. The molecule has 2 bridgehead atoms. The standard InChI is InChI=1S/C19H21FN4O4S/c1-3-16-17(20)18(22-11-21-16)23-9-13-8-14(10-23)24(13)29(26,27)15-6-4-12(5-7-15)19(25)28-2/h4-7,11,13-14H,3,8-10H2,1-2H3. The predicted octanol–water partition coefficient (Wildman–Crippen LogP) is 1.62. The molecule has 0 N–H and O–H groups in total. The molecule has 3 aliphatic rings. The average molecular weight is 420 g/mol. The zero-order chi connectivity index (χ0) is 20.8. The fourth-order valence-electron chi connectivity index (χ4n) is 4.01. The Morgan fingerprint density at radius 3 is 2.45 bits per heavy atom. The summed E-state index contributed by atoms with van der Waals surface area (Å²) in [6.07, 6.45) is 2.53. The van der Waals surface area contributed by atoms with Gasteiger partial charge in [-0.2, -0.15) is 4.31 Å². The lowest BCUT2D eigenvalue weighted by Crippen LogP contribution is -2.70. The van der Waals surface area contributed by atoms with E-state index in [1.807, 2.05) is 6.92 Å². The minimum absolute atomic E-state index is 0.120. The highest BCUT2D eigenvalue weighted by Gasteiger charge is 2.51. The van der Waals surface area contributed by atoms with Gasteiger partial charge in [-0.15, -0.1) is 0 Å². The van der Waals surface area contributed by atoms with E-state index < -0.39 is 21.8 Å². The lowest BCUT2D eigenvalue weighted by Gasteiger charge is -2.55. The number of ether oxygens (including phenoxy) is 1. The largest absolute Gasteiger partial charge is 0.465 e. The smallest absolute Gasteiger partial charge is 0.337 e. The first kappa shape index (κ1) is 19.7. The Hall–Kier alpha value is -2.59. The minimum atomic E-state index is -3.71. The van der Waals surface area contributed by atoms with E-state index in [1.165, 1.54) is 42.0 Å². The van der Waals surface area contributed by atoms with Crippen LogP contribution >= 0.6 is 0 Å². The quantitative estimate of drug-likeness (QED) is 0.679. The van der Waals surface area contributed by atoms with Crippen LogP contribution in [0.3, 0.4) is 0 Å². The highest BCUT2D eigenvalue weighted by Crippen LogP contribution is 2.39. The van der Waals surface area contributed by atoms with Gasteiger partial charge in [0.25, 0.3) is 0 Å². The molecule has 1 aromatic heterocycles. The van der Waals surface area contributed by atoms with Crippen LogP contribution in [-0.2, 0) is 21.2 Å². The first-order chi connectivity index (χ1) is 13.9. The number of piperazine rings is 1. The van der Waals surface area contributed by atoms with Crippen LogP contribution in [0.25, 0.3) is 0 Å². The van der Waals surface area contributed by atoms with Crippen LogP contribution in [0, 0.1) is 5.82 Å². The van der Waals surface area contributed by atoms with Crippen molar-refractivity contribution in [2.24, 2.45) is 0 Å². The molecule has 3 fully saturated rings. The second kappa shape index (κ2) is 7.34. The molecule has 2 atom stereocenters. The lowest BCUT2D eigenvalue weighted by molar-refractivity contribution is 0.0600. The van der Waals surface area contributed by atoms with Gasteiger partial charge in [0.05, 0.1) is 23.3 Å². The van der Waals surface area contributed by atoms with Gasteiger partial charge in [-0.25, -0.2) is 27.6 Å². The summed E-state index contributed by atoms with van der Waals surface area (Å²) >= 11 is 0. The molecule has 0 radical (unpaired) electrons. The monoisotopic (exact) mass is 420 g/mol. The van der Waals surface area contributed by atoms with E-state index in [2.05, 4.69) is 14.7 Å². The number of piperidine rings is 1. The summed E-state index contributed by atoms with van der Waals surface area (Å²) in [6.45, 7) is 2.56. The molecule has 10 heteroatoms. The first-order valence-electron chi connectivity index (χ1n) is 9.33. The zero-order valence-electron chi connectivity index (χ0n) is 16.1. The van der Waals surface area contributed by atoms with Crippen molar-refractivity contribution in [3.63, 3.8) is 0 Å². The third kappa shape index (κ3) is 3.25. The average Bonchev–Trinajstić information content (AvgIpc) is 2.73. The summed E-state index contributed by atoms with van der Waals surface area (Å²) in [4.78, 5) is 21.5. The number of hydrogen-bond donors (Lipinski definition) is 0. The molecule has 0 amide bonds. The number of nitrogens with zero attached hydrogens (tertiary/aromatic N) is 4. The zero-order valence-corrected chi connectivity index (χ0v) is 16.9. The third-order valence-electron chi connectivity index (χ3n) is 5.45. The van der Waals surface area contributed by atoms with Gasteiger partial charge in [0.15, 0.2) is 11.6 Å². The minimum Gasteiger partial charge on any atom is -0.465 e. The first-order valence-corrected chi connectivity index (χ1v) is 10.8. The Morgan fingerprint density at radius 2 is 1.86 bits per heavy atom. The van der Waals surface area contributed by atoms with Crippen molar-refractivity contribution in [2.45, 2.75) is 36.7 Å². The molecular weight excluding hydrogens is 399 g/mol. The van der Waals surface area contributed by atoms with Crippen molar-refractivity contribution in [3.05, 3.63) is 47.7 Å². The van der Waals surface area contributed by atoms with E-state index in [1.54, 1.807) is 4.90 Å². The van der Waals surface area contributed by atoms with E-state index in [-0.39, 0.29) is 28.4 Å². The van der Waals surface area contributed by atoms with Crippen LogP contribution in [-0.4, -0.2) is 60.9 Å². The Kier molecular flexibility index (Phi) is 4.99. The summed E-state index contributed by atoms with van der Waals surface area (Å²) in [7, 11) is -2.44. The fraction of sp³-hybridized carbons (Fsp3) is 0.421. The Morgan fingerprint density at radius 1 is 1.21 bits per heavy atom. The fourth-order valence-corrected chi connectivity index (χ4v) is 5.82. The number of carbonyl (C=O) groups is 1. The van der Waals surface area contributed by atoms with Gasteiger partial charge in [-0.1, -0.05) is 6.92 Å². The summed E-state index contributed by atoms with van der Waals surface area (Å²) in [5.74, 6) is -0.737. The molecule has 8 nitrogen and oxygen atoms in total. The van der Waals surface area contributed by atoms with Gasteiger partial charge in [0.1, 0.15) is 6.33 Å². The molecule has 2 aromatic rings. The van der Waals surface area contributed by atoms with Crippen LogP contribution in [0.15, 0.2) is 35.5 Å². The van der Waals surface area contributed by atoms with Gasteiger partial charge in [-0.05, 0) is 37.1 Å². The third-order valence-corrected chi connectivity index (χ3v) is 7.47. The second-order valence-electron chi connectivity index (χ2n) is 7.11. The van der Waals surface area contributed by atoms with Crippen molar-refractivity contribution in [1.82, 2.24) is 14.3 Å². The van der Waals surface area contributed by atoms with Crippen molar-refractivity contribution in [2.75, 3.05) is 25.1 Å². The van der Waals surface area contributed by atoms with Crippen LogP contribution in [0.5, 0.6) is 0 Å². The molecule has 29 heavy (non-hydrogen) atoms. The van der Waals surface area contributed by atoms with Crippen LogP contribution in [0.2, 0.25) is 0 Å². The van der Waals surface area contributed by atoms with Crippen LogP contribution < -0.4 is 4.90 Å². The van der Waals surface area contributed by atoms with Crippen molar-refractivity contribution < 1.29 is 22.3 Å². The highest BCUT2D eigenvalue weighted by molar-refractivity contribution is 7.89. The van der Waals surface area contributed by atoms with E-state index in [0.717, 1.165) is 6.42 Å². The summed E-state index contributed by atoms with van der Waals surface area (Å²) in [5.41, 5.74) is 0.636. The molecule has 3 saturated heterocycles. The molecule has 3 aliphatic heterocycles. The Balaban J connectivity index is 1.54. The lowest BCUT2D eigenvalue weighted by atomic mass is 9.91. The van der Waals surface area contributed by atoms with Gasteiger partial charge < -0.3 is 9.64 Å². The summed E-state index contributed by atoms with van der Waals surface area (Å²) < 4.78 is 46.9.